The van der Waals surface area contributed by atoms with Gasteiger partial charge in [0.1, 0.15) is 0 Å². The fraction of sp³-hybridized carbons (Fsp3) is 0.556. The van der Waals surface area contributed by atoms with Gasteiger partial charge in [0.15, 0.2) is 6.61 Å². The quantitative estimate of drug-likeness (QED) is 0.314. The molecular formula is C9H10F4O5. The van der Waals surface area contributed by atoms with Gasteiger partial charge in [0.05, 0.1) is 20.3 Å². The Bertz CT molecular complexity index is 340. The SMILES string of the molecule is COC(=O)/C=C(/OCC(F)(F)C(F)F)C(=O)OC. The highest BCUT2D eigenvalue weighted by Gasteiger charge is 2.42. The van der Waals surface area contributed by atoms with Gasteiger partial charge in [0.25, 0.3) is 0 Å². The lowest BCUT2D eigenvalue weighted by molar-refractivity contribution is -0.164. The Kier molecular flexibility index (Phi) is 6.14. The van der Waals surface area contributed by atoms with Gasteiger partial charge < -0.3 is 14.2 Å². The van der Waals surface area contributed by atoms with E-state index >= 15 is 0 Å². The predicted molar refractivity (Wildman–Crippen MR) is 49.0 cm³/mol. The average Bonchev–Trinajstić information content (AvgIpc) is 2.32. The Morgan fingerprint density at radius 2 is 1.78 bits per heavy atom. The van der Waals surface area contributed by atoms with Crippen molar-refractivity contribution in [1.82, 2.24) is 0 Å². The average molecular weight is 274 g/mol. The number of rotatable bonds is 6. The molecule has 0 N–H and O–H groups in total. The van der Waals surface area contributed by atoms with Gasteiger partial charge in [0, 0.05) is 0 Å². The van der Waals surface area contributed by atoms with Crippen LogP contribution in [0.4, 0.5) is 17.6 Å². The number of hydrogen-bond acceptors (Lipinski definition) is 5. The molecule has 0 unspecified atom stereocenters. The molecule has 0 aliphatic carbocycles. The fourth-order valence-electron chi connectivity index (χ4n) is 0.663. The minimum absolute atomic E-state index is 0.410. The monoisotopic (exact) mass is 274 g/mol. The van der Waals surface area contributed by atoms with Crippen molar-refractivity contribution < 1.29 is 41.4 Å². The predicted octanol–water partition coefficient (Wildman–Crippen LogP) is 1.13. The molecule has 0 heterocycles. The summed E-state index contributed by atoms with van der Waals surface area (Å²) >= 11 is 0. The van der Waals surface area contributed by atoms with Crippen LogP contribution in [0.1, 0.15) is 0 Å². The summed E-state index contributed by atoms with van der Waals surface area (Å²) in [5.41, 5.74) is 0. The number of carbonyl (C=O) groups excluding carboxylic acids is 2. The van der Waals surface area contributed by atoms with E-state index in [1.54, 1.807) is 0 Å². The van der Waals surface area contributed by atoms with Crippen LogP contribution in [-0.2, 0) is 23.8 Å². The summed E-state index contributed by atoms with van der Waals surface area (Å²) in [5, 5.41) is 0. The molecule has 0 rings (SSSR count). The zero-order valence-corrected chi connectivity index (χ0v) is 9.41. The molecule has 0 saturated heterocycles. The molecule has 0 radical (unpaired) electrons. The first-order valence-electron chi connectivity index (χ1n) is 4.41. The molecule has 0 atom stereocenters. The molecule has 0 aromatic heterocycles. The Hall–Kier alpha value is -1.80. The van der Waals surface area contributed by atoms with E-state index in [9.17, 15) is 27.2 Å². The third-order valence-electron chi connectivity index (χ3n) is 1.58. The van der Waals surface area contributed by atoms with Crippen molar-refractivity contribution in [1.29, 1.82) is 0 Å². The maximum Gasteiger partial charge on any atom is 0.373 e. The van der Waals surface area contributed by atoms with Crippen LogP contribution in [0.3, 0.4) is 0 Å². The highest BCUT2D eigenvalue weighted by molar-refractivity contribution is 5.94. The lowest BCUT2D eigenvalue weighted by Crippen LogP contribution is -2.33. The molecule has 0 fully saturated rings. The Balaban J connectivity index is 4.78. The van der Waals surface area contributed by atoms with Gasteiger partial charge in [-0.2, -0.15) is 8.78 Å². The number of halogens is 4. The van der Waals surface area contributed by atoms with E-state index in [0.717, 1.165) is 14.2 Å². The van der Waals surface area contributed by atoms with Gasteiger partial charge in [-0.15, -0.1) is 0 Å². The Morgan fingerprint density at radius 3 is 2.17 bits per heavy atom. The van der Waals surface area contributed by atoms with Crippen molar-refractivity contribution >= 4 is 11.9 Å². The molecule has 5 nitrogen and oxygen atoms in total. The minimum atomic E-state index is -4.46. The van der Waals surface area contributed by atoms with Gasteiger partial charge >= 0.3 is 24.3 Å². The molecule has 0 aromatic rings. The molecule has 0 saturated carbocycles. The number of methoxy groups -OCH3 is 2. The van der Waals surface area contributed by atoms with E-state index in [0.29, 0.717) is 6.08 Å². The number of ether oxygens (including phenoxy) is 3. The van der Waals surface area contributed by atoms with E-state index in [1.807, 2.05) is 0 Å². The largest absolute Gasteiger partial charge is 0.480 e. The van der Waals surface area contributed by atoms with Gasteiger partial charge in [0.2, 0.25) is 5.76 Å². The normalized spacial score (nSPS) is 12.3. The summed E-state index contributed by atoms with van der Waals surface area (Å²) in [6, 6.07) is 0. The number of esters is 2. The third-order valence-corrected chi connectivity index (χ3v) is 1.58. The second-order valence-corrected chi connectivity index (χ2v) is 2.87. The second kappa shape index (κ2) is 6.82. The van der Waals surface area contributed by atoms with Crippen LogP contribution in [0.5, 0.6) is 0 Å². The van der Waals surface area contributed by atoms with Crippen molar-refractivity contribution in [2.24, 2.45) is 0 Å². The van der Waals surface area contributed by atoms with Crippen molar-refractivity contribution in [3.05, 3.63) is 11.8 Å². The van der Waals surface area contributed by atoms with Crippen LogP contribution in [-0.4, -0.2) is 45.1 Å². The van der Waals surface area contributed by atoms with Crippen molar-refractivity contribution in [2.45, 2.75) is 12.3 Å². The standard InChI is InChI=1S/C9H10F4O5/c1-16-6(14)3-5(7(15)17-2)18-4-9(12,13)8(10)11/h3,8H,4H2,1-2H3/b5-3+. The summed E-state index contributed by atoms with van der Waals surface area (Å²) in [7, 11) is 1.85. The van der Waals surface area contributed by atoms with Gasteiger partial charge in [-0.25, -0.2) is 18.4 Å². The van der Waals surface area contributed by atoms with Crippen molar-refractivity contribution in [2.75, 3.05) is 20.8 Å². The first-order chi connectivity index (χ1) is 8.24. The summed E-state index contributed by atoms with van der Waals surface area (Å²) in [6.07, 6.45) is -3.55. The molecule has 0 aromatic carbocycles. The molecule has 0 aliphatic rings. The highest BCUT2D eigenvalue weighted by atomic mass is 19.3. The lowest BCUT2D eigenvalue weighted by Gasteiger charge is -2.16. The smallest absolute Gasteiger partial charge is 0.373 e. The third kappa shape index (κ3) is 5.02. The maximum atomic E-state index is 12.5. The first kappa shape index (κ1) is 16.2. The van der Waals surface area contributed by atoms with E-state index in [1.165, 1.54) is 0 Å². The number of hydrogen-bond donors (Lipinski definition) is 0. The summed E-state index contributed by atoms with van der Waals surface area (Å²) in [6.45, 7) is -1.78. The molecule has 0 spiro atoms. The van der Waals surface area contributed by atoms with Crippen LogP contribution >= 0.6 is 0 Å². The first-order valence-corrected chi connectivity index (χ1v) is 4.41. The van der Waals surface area contributed by atoms with Crippen molar-refractivity contribution in [3.63, 3.8) is 0 Å². The molecular weight excluding hydrogens is 264 g/mol. The fourth-order valence-corrected chi connectivity index (χ4v) is 0.663. The topological polar surface area (TPSA) is 61.8 Å². The minimum Gasteiger partial charge on any atom is -0.480 e. The molecule has 0 aliphatic heterocycles. The van der Waals surface area contributed by atoms with Crippen LogP contribution in [0.15, 0.2) is 11.8 Å². The maximum absolute atomic E-state index is 12.5. The molecule has 0 amide bonds. The van der Waals surface area contributed by atoms with Gasteiger partial charge in [-0.1, -0.05) is 0 Å². The Labute approximate surface area is 99.3 Å². The summed E-state index contributed by atoms with van der Waals surface area (Å²) < 4.78 is 61.1. The summed E-state index contributed by atoms with van der Waals surface area (Å²) in [4.78, 5) is 21.8. The lowest BCUT2D eigenvalue weighted by atomic mass is 10.3. The van der Waals surface area contributed by atoms with E-state index < -0.39 is 36.7 Å². The second-order valence-electron chi connectivity index (χ2n) is 2.87. The zero-order chi connectivity index (χ0) is 14.3. The summed E-state index contributed by atoms with van der Waals surface area (Å²) in [5.74, 6) is -7.77. The molecule has 18 heavy (non-hydrogen) atoms. The van der Waals surface area contributed by atoms with E-state index in [4.69, 9.17) is 0 Å². The van der Waals surface area contributed by atoms with Crippen LogP contribution in [0.25, 0.3) is 0 Å². The van der Waals surface area contributed by atoms with Gasteiger partial charge in [-0.05, 0) is 0 Å². The number of carbonyl (C=O) groups is 2. The molecule has 104 valence electrons. The Morgan fingerprint density at radius 1 is 1.22 bits per heavy atom. The van der Waals surface area contributed by atoms with Crippen LogP contribution < -0.4 is 0 Å². The molecule has 0 bridgehead atoms. The highest BCUT2D eigenvalue weighted by Crippen LogP contribution is 2.24. The van der Waals surface area contributed by atoms with Gasteiger partial charge in [-0.3, -0.25) is 0 Å². The zero-order valence-electron chi connectivity index (χ0n) is 9.41. The van der Waals surface area contributed by atoms with Crippen LogP contribution in [0, 0.1) is 0 Å². The van der Waals surface area contributed by atoms with Crippen molar-refractivity contribution in [3.8, 4) is 0 Å². The van der Waals surface area contributed by atoms with E-state index in [-0.39, 0.29) is 0 Å². The number of alkyl halides is 4. The van der Waals surface area contributed by atoms with E-state index in [2.05, 4.69) is 14.2 Å². The molecule has 9 heteroatoms. The van der Waals surface area contributed by atoms with Crippen LogP contribution in [0.2, 0.25) is 0 Å².